The van der Waals surface area contributed by atoms with Crippen LogP contribution >= 0.6 is 11.8 Å². The van der Waals surface area contributed by atoms with Gasteiger partial charge in [0.2, 0.25) is 5.91 Å². The van der Waals surface area contributed by atoms with Crippen LogP contribution in [0.2, 0.25) is 0 Å². The molecule has 1 N–H and O–H groups in total. The van der Waals surface area contributed by atoms with Gasteiger partial charge in [-0.2, -0.15) is 0 Å². The molecule has 27 heavy (non-hydrogen) atoms. The standard InChI is InChI=1S/C21H23N3O2S/c1-14(2)22-19(25)13-27-20-21(26)24(12-16-10-8-15(3)9-11-16)18-7-5-4-6-17(18)23-20/h4-11,14H,12-13H2,1-3H3,(H,22,25). The zero-order valence-electron chi connectivity index (χ0n) is 15.7. The van der Waals surface area contributed by atoms with Gasteiger partial charge in [0.1, 0.15) is 0 Å². The van der Waals surface area contributed by atoms with E-state index in [1.165, 1.54) is 17.3 Å². The maximum atomic E-state index is 13.0. The average Bonchev–Trinajstić information content (AvgIpc) is 2.63. The lowest BCUT2D eigenvalue weighted by Crippen LogP contribution is -2.32. The lowest BCUT2D eigenvalue weighted by molar-refractivity contribution is -0.119. The first-order valence-corrected chi connectivity index (χ1v) is 9.90. The van der Waals surface area contributed by atoms with Crippen molar-refractivity contribution in [3.63, 3.8) is 0 Å². The quantitative estimate of drug-likeness (QED) is 0.665. The van der Waals surface area contributed by atoms with Crippen molar-refractivity contribution in [2.75, 3.05) is 5.75 Å². The molecule has 0 aliphatic rings. The highest BCUT2D eigenvalue weighted by molar-refractivity contribution is 7.99. The summed E-state index contributed by atoms with van der Waals surface area (Å²) in [4.78, 5) is 29.5. The minimum absolute atomic E-state index is 0.0702. The number of hydrogen-bond acceptors (Lipinski definition) is 4. The predicted octanol–water partition coefficient (Wildman–Crippen LogP) is 3.37. The molecule has 0 bridgehead atoms. The Bertz CT molecular complexity index is 1010. The Morgan fingerprint density at radius 3 is 2.56 bits per heavy atom. The number of benzene rings is 2. The van der Waals surface area contributed by atoms with E-state index in [2.05, 4.69) is 10.3 Å². The number of aromatic nitrogens is 2. The molecule has 0 fully saturated rings. The minimum Gasteiger partial charge on any atom is -0.353 e. The topological polar surface area (TPSA) is 64.0 Å². The van der Waals surface area contributed by atoms with Gasteiger partial charge in [-0.1, -0.05) is 53.7 Å². The first-order chi connectivity index (χ1) is 12.9. The van der Waals surface area contributed by atoms with Gasteiger partial charge in [-0.05, 0) is 38.5 Å². The van der Waals surface area contributed by atoms with E-state index in [9.17, 15) is 9.59 Å². The Labute approximate surface area is 162 Å². The van der Waals surface area contributed by atoms with E-state index in [0.29, 0.717) is 11.6 Å². The number of carbonyl (C=O) groups is 1. The van der Waals surface area contributed by atoms with Crippen LogP contribution in [0.5, 0.6) is 0 Å². The van der Waals surface area contributed by atoms with Crippen molar-refractivity contribution in [3.05, 3.63) is 70.0 Å². The lowest BCUT2D eigenvalue weighted by Gasteiger charge is -2.13. The summed E-state index contributed by atoms with van der Waals surface area (Å²) >= 11 is 1.18. The molecule has 0 saturated heterocycles. The molecular formula is C21H23N3O2S. The molecule has 0 unspecified atom stereocenters. The number of carbonyl (C=O) groups excluding carboxylic acids is 1. The molecule has 0 saturated carbocycles. The minimum atomic E-state index is -0.170. The van der Waals surface area contributed by atoms with Crippen LogP contribution in [-0.2, 0) is 11.3 Å². The van der Waals surface area contributed by atoms with Gasteiger partial charge in [0.15, 0.2) is 5.03 Å². The Balaban J connectivity index is 1.96. The second-order valence-corrected chi connectivity index (χ2v) is 7.76. The molecule has 6 heteroatoms. The van der Waals surface area contributed by atoms with Gasteiger partial charge in [0.25, 0.3) is 5.56 Å². The van der Waals surface area contributed by atoms with Gasteiger partial charge in [-0.3, -0.25) is 14.2 Å². The zero-order chi connectivity index (χ0) is 19.4. The van der Waals surface area contributed by atoms with Crippen molar-refractivity contribution in [2.24, 2.45) is 0 Å². The summed E-state index contributed by atoms with van der Waals surface area (Å²) in [5.41, 5.74) is 3.59. The molecular weight excluding hydrogens is 358 g/mol. The lowest BCUT2D eigenvalue weighted by atomic mass is 10.1. The van der Waals surface area contributed by atoms with Crippen LogP contribution in [0.25, 0.3) is 11.0 Å². The van der Waals surface area contributed by atoms with Gasteiger partial charge in [-0.25, -0.2) is 4.98 Å². The summed E-state index contributed by atoms with van der Waals surface area (Å²) in [5.74, 6) is 0.0676. The number of rotatable bonds is 6. The fraction of sp³-hybridized carbons (Fsp3) is 0.286. The molecule has 0 atom stereocenters. The third-order valence-electron chi connectivity index (χ3n) is 4.07. The van der Waals surface area contributed by atoms with Crippen LogP contribution in [0.4, 0.5) is 0 Å². The first-order valence-electron chi connectivity index (χ1n) is 8.91. The van der Waals surface area contributed by atoms with E-state index in [1.54, 1.807) is 4.57 Å². The molecule has 0 aliphatic heterocycles. The maximum absolute atomic E-state index is 13.0. The summed E-state index contributed by atoms with van der Waals surface area (Å²) in [6.07, 6.45) is 0. The summed E-state index contributed by atoms with van der Waals surface area (Å²) in [5, 5.41) is 3.18. The fourth-order valence-electron chi connectivity index (χ4n) is 2.79. The Morgan fingerprint density at radius 2 is 1.85 bits per heavy atom. The normalized spacial score (nSPS) is 11.1. The summed E-state index contributed by atoms with van der Waals surface area (Å²) in [7, 11) is 0. The van der Waals surface area contributed by atoms with Crippen LogP contribution < -0.4 is 10.9 Å². The monoisotopic (exact) mass is 381 g/mol. The highest BCUT2D eigenvalue weighted by Gasteiger charge is 2.14. The fourth-order valence-corrected chi connectivity index (χ4v) is 3.54. The van der Waals surface area contributed by atoms with E-state index < -0.39 is 0 Å². The molecule has 1 amide bonds. The molecule has 2 aromatic carbocycles. The van der Waals surface area contributed by atoms with Crippen molar-refractivity contribution >= 4 is 28.7 Å². The number of fused-ring (bicyclic) bond motifs is 1. The summed E-state index contributed by atoms with van der Waals surface area (Å²) in [6, 6.07) is 15.8. The van der Waals surface area contributed by atoms with Gasteiger partial charge < -0.3 is 5.32 Å². The molecule has 140 valence electrons. The van der Waals surface area contributed by atoms with Crippen LogP contribution in [-0.4, -0.2) is 27.3 Å². The number of amides is 1. The second kappa shape index (κ2) is 8.39. The zero-order valence-corrected chi connectivity index (χ0v) is 16.5. The highest BCUT2D eigenvalue weighted by atomic mass is 32.2. The number of aryl methyl sites for hydroxylation is 1. The van der Waals surface area contributed by atoms with E-state index in [1.807, 2.05) is 69.3 Å². The number of thioether (sulfide) groups is 1. The molecule has 0 spiro atoms. The first kappa shape index (κ1) is 19.2. The summed E-state index contributed by atoms with van der Waals surface area (Å²) < 4.78 is 1.73. The highest BCUT2D eigenvalue weighted by Crippen LogP contribution is 2.18. The van der Waals surface area contributed by atoms with Gasteiger partial charge in [0, 0.05) is 6.04 Å². The van der Waals surface area contributed by atoms with Crippen molar-refractivity contribution < 1.29 is 4.79 Å². The van der Waals surface area contributed by atoms with Gasteiger partial charge in [0.05, 0.1) is 23.3 Å². The molecule has 5 nitrogen and oxygen atoms in total. The van der Waals surface area contributed by atoms with E-state index in [-0.39, 0.29) is 23.3 Å². The SMILES string of the molecule is Cc1ccc(Cn2c(=O)c(SCC(=O)NC(C)C)nc3ccccc32)cc1. The van der Waals surface area contributed by atoms with Gasteiger partial charge >= 0.3 is 0 Å². The van der Waals surface area contributed by atoms with E-state index in [0.717, 1.165) is 16.6 Å². The van der Waals surface area contributed by atoms with Crippen molar-refractivity contribution in [3.8, 4) is 0 Å². The van der Waals surface area contributed by atoms with Crippen LogP contribution in [0.15, 0.2) is 58.4 Å². The molecule has 1 aromatic heterocycles. The third kappa shape index (κ3) is 4.77. The van der Waals surface area contributed by atoms with E-state index >= 15 is 0 Å². The largest absolute Gasteiger partial charge is 0.353 e. The molecule has 3 aromatic rings. The van der Waals surface area contributed by atoms with E-state index in [4.69, 9.17) is 0 Å². The van der Waals surface area contributed by atoms with Crippen LogP contribution in [0.1, 0.15) is 25.0 Å². The Morgan fingerprint density at radius 1 is 1.15 bits per heavy atom. The molecule has 3 rings (SSSR count). The smallest absolute Gasteiger partial charge is 0.283 e. The third-order valence-corrected chi connectivity index (χ3v) is 5.02. The Hall–Kier alpha value is -2.60. The Kier molecular flexibility index (Phi) is 5.96. The number of hydrogen-bond donors (Lipinski definition) is 1. The maximum Gasteiger partial charge on any atom is 0.283 e. The predicted molar refractivity (Wildman–Crippen MR) is 110 cm³/mol. The average molecular weight is 382 g/mol. The number of nitrogens with one attached hydrogen (secondary N) is 1. The second-order valence-electron chi connectivity index (χ2n) is 6.79. The van der Waals surface area contributed by atoms with Crippen molar-refractivity contribution in [1.29, 1.82) is 0 Å². The number of para-hydroxylation sites is 2. The molecule has 1 heterocycles. The van der Waals surface area contributed by atoms with Crippen molar-refractivity contribution in [1.82, 2.24) is 14.9 Å². The van der Waals surface area contributed by atoms with Crippen LogP contribution in [0, 0.1) is 6.92 Å². The summed E-state index contributed by atoms with van der Waals surface area (Å²) in [6.45, 7) is 6.32. The molecule has 0 aliphatic carbocycles. The number of nitrogens with zero attached hydrogens (tertiary/aromatic N) is 2. The van der Waals surface area contributed by atoms with Crippen molar-refractivity contribution in [2.45, 2.75) is 38.4 Å². The molecule has 0 radical (unpaired) electrons. The van der Waals surface area contributed by atoms with Crippen LogP contribution in [0.3, 0.4) is 0 Å². The van der Waals surface area contributed by atoms with Gasteiger partial charge in [-0.15, -0.1) is 0 Å².